The molecule has 3 N–H and O–H groups in total. The Hall–Kier alpha value is -3.54. The number of aromatic amines is 1. The van der Waals surface area contributed by atoms with Crippen molar-refractivity contribution >= 4 is 16.9 Å². The van der Waals surface area contributed by atoms with E-state index in [1.54, 1.807) is 12.5 Å². The standard InChI is InChI=1S/C23H25N5O/c1-16(18-7-9-19(10-8-18)28-14-13-24-15-28)27-23(29)25-12-11-20-17(2)26-22-6-4-3-5-21(20)22/h3-10,13-16,26H,11-12H2,1-2H3,(H2,25,27,29). The van der Waals surface area contributed by atoms with Crippen molar-refractivity contribution in [3.63, 3.8) is 0 Å². The molecule has 2 aromatic heterocycles. The van der Waals surface area contributed by atoms with Gasteiger partial charge in [0.1, 0.15) is 0 Å². The van der Waals surface area contributed by atoms with Crippen LogP contribution in [0.4, 0.5) is 4.79 Å². The average molecular weight is 387 g/mol. The topological polar surface area (TPSA) is 74.7 Å². The van der Waals surface area contributed by atoms with Crippen molar-refractivity contribution in [3.05, 3.63) is 84.1 Å². The summed E-state index contributed by atoms with van der Waals surface area (Å²) >= 11 is 0. The first-order chi connectivity index (χ1) is 14.1. The van der Waals surface area contributed by atoms with Crippen LogP contribution in [0.15, 0.2) is 67.3 Å². The maximum Gasteiger partial charge on any atom is 0.315 e. The second-order valence-electron chi connectivity index (χ2n) is 7.21. The summed E-state index contributed by atoms with van der Waals surface area (Å²) in [6.45, 7) is 4.64. The van der Waals surface area contributed by atoms with Gasteiger partial charge in [0, 0.05) is 41.2 Å². The Kier molecular flexibility index (Phi) is 5.33. The first kappa shape index (κ1) is 18.8. The number of amides is 2. The quantitative estimate of drug-likeness (QED) is 0.462. The molecule has 6 nitrogen and oxygen atoms in total. The molecule has 0 aliphatic rings. The number of nitrogens with zero attached hydrogens (tertiary/aromatic N) is 2. The number of urea groups is 1. The largest absolute Gasteiger partial charge is 0.358 e. The number of rotatable bonds is 6. The fourth-order valence-corrected chi connectivity index (χ4v) is 3.64. The third kappa shape index (κ3) is 4.16. The van der Waals surface area contributed by atoms with Crippen LogP contribution in [0.3, 0.4) is 0 Å². The SMILES string of the molecule is Cc1[nH]c2ccccc2c1CCNC(=O)NC(C)c1ccc(-n2ccnc2)cc1. The number of H-pyrrole nitrogens is 1. The van der Waals surface area contributed by atoms with Gasteiger partial charge in [-0.2, -0.15) is 0 Å². The van der Waals surface area contributed by atoms with Crippen LogP contribution in [0.1, 0.15) is 29.8 Å². The zero-order chi connectivity index (χ0) is 20.2. The van der Waals surface area contributed by atoms with Crippen LogP contribution in [0, 0.1) is 6.92 Å². The summed E-state index contributed by atoms with van der Waals surface area (Å²) in [6.07, 6.45) is 6.20. The highest BCUT2D eigenvalue weighted by molar-refractivity contribution is 5.84. The molecule has 0 spiro atoms. The van der Waals surface area contributed by atoms with Crippen molar-refractivity contribution in [1.82, 2.24) is 25.2 Å². The highest BCUT2D eigenvalue weighted by Crippen LogP contribution is 2.22. The van der Waals surface area contributed by atoms with Crippen LogP contribution in [0.25, 0.3) is 16.6 Å². The molecule has 0 saturated carbocycles. The normalized spacial score (nSPS) is 12.1. The van der Waals surface area contributed by atoms with Gasteiger partial charge >= 0.3 is 6.03 Å². The van der Waals surface area contributed by atoms with E-state index in [0.29, 0.717) is 6.54 Å². The number of hydrogen-bond acceptors (Lipinski definition) is 2. The van der Waals surface area contributed by atoms with Gasteiger partial charge in [-0.05, 0) is 49.6 Å². The Morgan fingerprint density at radius 1 is 1.17 bits per heavy atom. The second kappa shape index (κ2) is 8.22. The van der Waals surface area contributed by atoms with E-state index in [9.17, 15) is 4.79 Å². The lowest BCUT2D eigenvalue weighted by Crippen LogP contribution is -2.38. The van der Waals surface area contributed by atoms with E-state index in [0.717, 1.165) is 28.9 Å². The van der Waals surface area contributed by atoms with E-state index < -0.39 is 0 Å². The van der Waals surface area contributed by atoms with Gasteiger partial charge in [0.05, 0.1) is 12.4 Å². The molecular weight excluding hydrogens is 362 g/mol. The molecule has 0 saturated heterocycles. The number of nitrogens with one attached hydrogen (secondary N) is 3. The van der Waals surface area contributed by atoms with Crippen molar-refractivity contribution in [2.75, 3.05) is 6.54 Å². The molecule has 0 fully saturated rings. The summed E-state index contributed by atoms with van der Waals surface area (Å²) in [5.41, 5.74) is 5.63. The molecule has 6 heteroatoms. The minimum Gasteiger partial charge on any atom is -0.358 e. The molecule has 4 rings (SSSR count). The molecule has 4 aromatic rings. The highest BCUT2D eigenvalue weighted by Gasteiger charge is 2.11. The zero-order valence-electron chi connectivity index (χ0n) is 16.6. The van der Waals surface area contributed by atoms with Gasteiger partial charge in [-0.1, -0.05) is 30.3 Å². The van der Waals surface area contributed by atoms with Crippen LogP contribution < -0.4 is 10.6 Å². The molecule has 29 heavy (non-hydrogen) atoms. The smallest absolute Gasteiger partial charge is 0.315 e. The Labute approximate surface area is 170 Å². The third-order valence-corrected chi connectivity index (χ3v) is 5.23. The summed E-state index contributed by atoms with van der Waals surface area (Å²) in [7, 11) is 0. The molecule has 2 amide bonds. The minimum atomic E-state index is -0.159. The van der Waals surface area contributed by atoms with Crippen LogP contribution >= 0.6 is 0 Å². The average Bonchev–Trinajstić information content (AvgIpc) is 3.36. The molecule has 1 atom stereocenters. The summed E-state index contributed by atoms with van der Waals surface area (Å²) in [6, 6.07) is 16.1. The van der Waals surface area contributed by atoms with Gasteiger partial charge < -0.3 is 20.2 Å². The molecule has 1 unspecified atom stereocenters. The zero-order valence-corrected chi connectivity index (χ0v) is 16.6. The fourth-order valence-electron chi connectivity index (χ4n) is 3.64. The molecular formula is C23H25N5O. The molecule has 2 aromatic carbocycles. The second-order valence-corrected chi connectivity index (χ2v) is 7.21. The number of carbonyl (C=O) groups excluding carboxylic acids is 1. The molecule has 0 aliphatic heterocycles. The van der Waals surface area contributed by atoms with Gasteiger partial charge in [-0.3, -0.25) is 0 Å². The van der Waals surface area contributed by atoms with Gasteiger partial charge in [0.2, 0.25) is 0 Å². The van der Waals surface area contributed by atoms with E-state index in [1.807, 2.05) is 54.1 Å². The molecule has 0 radical (unpaired) electrons. The van der Waals surface area contributed by atoms with Gasteiger partial charge in [0.15, 0.2) is 0 Å². The van der Waals surface area contributed by atoms with Crippen molar-refractivity contribution in [2.45, 2.75) is 26.3 Å². The van der Waals surface area contributed by atoms with Gasteiger partial charge in [-0.25, -0.2) is 9.78 Å². The van der Waals surface area contributed by atoms with Crippen LogP contribution in [0.5, 0.6) is 0 Å². The van der Waals surface area contributed by atoms with Gasteiger partial charge in [0.25, 0.3) is 0 Å². The number of hydrogen-bond donors (Lipinski definition) is 3. The fraction of sp³-hybridized carbons (Fsp3) is 0.217. The van der Waals surface area contributed by atoms with Crippen LogP contribution in [0.2, 0.25) is 0 Å². The Bertz CT molecular complexity index is 1100. The number of imidazole rings is 1. The lowest BCUT2D eigenvalue weighted by molar-refractivity contribution is 0.238. The Morgan fingerprint density at radius 3 is 2.72 bits per heavy atom. The number of aryl methyl sites for hydroxylation is 1. The highest BCUT2D eigenvalue weighted by atomic mass is 16.2. The van der Waals surface area contributed by atoms with E-state index in [2.05, 4.69) is 39.7 Å². The number of fused-ring (bicyclic) bond motifs is 1. The molecule has 2 heterocycles. The van der Waals surface area contributed by atoms with E-state index >= 15 is 0 Å². The number of para-hydroxylation sites is 1. The van der Waals surface area contributed by atoms with E-state index in [-0.39, 0.29) is 12.1 Å². The maximum atomic E-state index is 12.3. The monoisotopic (exact) mass is 387 g/mol. The molecule has 148 valence electrons. The summed E-state index contributed by atoms with van der Waals surface area (Å²) in [5.74, 6) is 0. The lowest BCUT2D eigenvalue weighted by atomic mass is 10.1. The third-order valence-electron chi connectivity index (χ3n) is 5.23. The maximum absolute atomic E-state index is 12.3. The molecule has 0 aliphatic carbocycles. The van der Waals surface area contributed by atoms with Crippen LogP contribution in [-0.2, 0) is 6.42 Å². The summed E-state index contributed by atoms with van der Waals surface area (Å²) < 4.78 is 1.95. The lowest BCUT2D eigenvalue weighted by Gasteiger charge is -2.16. The first-order valence-corrected chi connectivity index (χ1v) is 9.80. The van der Waals surface area contributed by atoms with E-state index in [1.165, 1.54) is 10.9 Å². The van der Waals surface area contributed by atoms with Gasteiger partial charge in [-0.15, -0.1) is 0 Å². The predicted molar refractivity (Wildman–Crippen MR) is 115 cm³/mol. The Balaban J connectivity index is 1.30. The van der Waals surface area contributed by atoms with Crippen molar-refractivity contribution in [3.8, 4) is 5.69 Å². The van der Waals surface area contributed by atoms with Crippen LogP contribution in [-0.4, -0.2) is 27.1 Å². The number of carbonyl (C=O) groups is 1. The minimum absolute atomic E-state index is 0.0818. The predicted octanol–water partition coefficient (Wildman–Crippen LogP) is 4.26. The van der Waals surface area contributed by atoms with E-state index in [4.69, 9.17) is 0 Å². The number of benzene rings is 2. The van der Waals surface area contributed by atoms with Crippen molar-refractivity contribution in [2.24, 2.45) is 0 Å². The Morgan fingerprint density at radius 2 is 1.97 bits per heavy atom. The van der Waals surface area contributed by atoms with Crippen molar-refractivity contribution < 1.29 is 4.79 Å². The summed E-state index contributed by atoms with van der Waals surface area (Å²) in [5, 5.41) is 7.20. The number of aromatic nitrogens is 3. The van der Waals surface area contributed by atoms with Crippen molar-refractivity contribution in [1.29, 1.82) is 0 Å². The first-order valence-electron chi connectivity index (χ1n) is 9.80. The summed E-state index contributed by atoms with van der Waals surface area (Å²) in [4.78, 5) is 19.8. The molecule has 0 bridgehead atoms.